The van der Waals surface area contributed by atoms with Gasteiger partial charge in [-0.25, -0.2) is 5.48 Å². The summed E-state index contributed by atoms with van der Waals surface area (Å²) in [5.74, 6) is -0.196. The van der Waals surface area contributed by atoms with Gasteiger partial charge in [-0.3, -0.25) is 9.63 Å². The highest BCUT2D eigenvalue weighted by Crippen LogP contribution is 2.01. The van der Waals surface area contributed by atoms with Crippen molar-refractivity contribution >= 4 is 5.91 Å². The molecule has 0 radical (unpaired) electrons. The highest BCUT2D eigenvalue weighted by atomic mass is 16.7. The summed E-state index contributed by atoms with van der Waals surface area (Å²) in [7, 11) is 0. The minimum Gasteiger partial charge on any atom is -0.270 e. The van der Waals surface area contributed by atoms with Gasteiger partial charge in [0.1, 0.15) is 0 Å². The van der Waals surface area contributed by atoms with E-state index in [1.165, 1.54) is 0 Å². The monoisotopic (exact) mass is 207 g/mol. The molecular weight excluding hydrogens is 190 g/mol. The predicted molar refractivity (Wildman–Crippen MR) is 59.4 cm³/mol. The van der Waals surface area contributed by atoms with Crippen molar-refractivity contribution in [1.29, 1.82) is 0 Å². The molecule has 1 atom stereocenters. The Kier molecular flexibility index (Phi) is 4.84. The zero-order valence-corrected chi connectivity index (χ0v) is 9.19. The van der Waals surface area contributed by atoms with Crippen molar-refractivity contribution in [3.8, 4) is 0 Å². The molecule has 82 valence electrons. The van der Waals surface area contributed by atoms with Crippen molar-refractivity contribution < 1.29 is 9.63 Å². The average molecular weight is 207 g/mol. The first kappa shape index (κ1) is 11.7. The molecule has 0 aliphatic heterocycles. The molecule has 3 nitrogen and oxygen atoms in total. The van der Waals surface area contributed by atoms with Crippen LogP contribution >= 0.6 is 0 Å². The minimum absolute atomic E-state index is 0.0580. The normalized spacial score (nSPS) is 12.1. The molecule has 3 heteroatoms. The van der Waals surface area contributed by atoms with Crippen molar-refractivity contribution in [3.63, 3.8) is 0 Å². The summed E-state index contributed by atoms with van der Waals surface area (Å²) in [6, 6.07) is 9.03. The maximum Gasteiger partial charge on any atom is 0.274 e. The molecular formula is C12H17NO2. The Bertz CT molecular complexity index is 298. The molecule has 0 bridgehead atoms. The summed E-state index contributed by atoms with van der Waals surface area (Å²) in [6.07, 6.45) is 2.04. The lowest BCUT2D eigenvalue weighted by Crippen LogP contribution is -2.28. The van der Waals surface area contributed by atoms with E-state index in [0.717, 1.165) is 12.8 Å². The Morgan fingerprint density at radius 3 is 2.67 bits per heavy atom. The summed E-state index contributed by atoms with van der Waals surface area (Å²) < 4.78 is 0. The van der Waals surface area contributed by atoms with Gasteiger partial charge >= 0.3 is 0 Å². The lowest BCUT2D eigenvalue weighted by Gasteiger charge is -2.11. The van der Waals surface area contributed by atoms with Crippen LogP contribution in [0.15, 0.2) is 30.3 Å². The first-order valence-electron chi connectivity index (χ1n) is 5.25. The molecule has 1 aromatic carbocycles. The van der Waals surface area contributed by atoms with Crippen molar-refractivity contribution in [2.75, 3.05) is 0 Å². The number of hydroxylamine groups is 1. The molecule has 1 unspecified atom stereocenters. The number of hydrogen-bond acceptors (Lipinski definition) is 2. The molecule has 0 heterocycles. The fourth-order valence-electron chi connectivity index (χ4n) is 1.27. The molecule has 0 saturated carbocycles. The summed E-state index contributed by atoms with van der Waals surface area (Å²) >= 11 is 0. The number of rotatable bonds is 5. The van der Waals surface area contributed by atoms with E-state index in [-0.39, 0.29) is 12.0 Å². The molecule has 1 rings (SSSR count). The van der Waals surface area contributed by atoms with Crippen molar-refractivity contribution in [2.24, 2.45) is 0 Å². The maximum absolute atomic E-state index is 11.5. The van der Waals surface area contributed by atoms with Gasteiger partial charge in [0.15, 0.2) is 0 Å². The number of amides is 1. The standard InChI is InChI=1S/C12H17NO2/c1-3-7-10(2)15-13-12(14)11-8-5-4-6-9-11/h4-6,8-10H,3,7H2,1-2H3,(H,13,14). The maximum atomic E-state index is 11.5. The Labute approximate surface area is 90.4 Å². The molecule has 1 aromatic rings. The third kappa shape index (κ3) is 4.13. The summed E-state index contributed by atoms with van der Waals surface area (Å²) in [5.41, 5.74) is 3.06. The van der Waals surface area contributed by atoms with Gasteiger partial charge < -0.3 is 0 Å². The lowest BCUT2D eigenvalue weighted by atomic mass is 10.2. The largest absolute Gasteiger partial charge is 0.274 e. The van der Waals surface area contributed by atoms with Crippen LogP contribution in [0.2, 0.25) is 0 Å². The fourth-order valence-corrected chi connectivity index (χ4v) is 1.27. The molecule has 0 aliphatic rings. The lowest BCUT2D eigenvalue weighted by molar-refractivity contribution is -0.0112. The first-order valence-corrected chi connectivity index (χ1v) is 5.25. The Morgan fingerprint density at radius 2 is 2.07 bits per heavy atom. The van der Waals surface area contributed by atoms with Crippen LogP contribution in [0.1, 0.15) is 37.0 Å². The van der Waals surface area contributed by atoms with E-state index in [0.29, 0.717) is 5.56 Å². The molecule has 1 amide bonds. The Balaban J connectivity index is 2.37. The summed E-state index contributed by atoms with van der Waals surface area (Å²) in [4.78, 5) is 16.7. The van der Waals surface area contributed by atoms with E-state index in [9.17, 15) is 4.79 Å². The van der Waals surface area contributed by atoms with E-state index < -0.39 is 0 Å². The van der Waals surface area contributed by atoms with Crippen LogP contribution in [0, 0.1) is 0 Å². The Hall–Kier alpha value is -1.35. The number of nitrogens with one attached hydrogen (secondary N) is 1. The van der Waals surface area contributed by atoms with Gasteiger partial charge in [0, 0.05) is 5.56 Å². The Morgan fingerprint density at radius 1 is 1.40 bits per heavy atom. The van der Waals surface area contributed by atoms with Crippen LogP contribution < -0.4 is 5.48 Å². The second-order valence-electron chi connectivity index (χ2n) is 3.51. The van der Waals surface area contributed by atoms with Crippen LogP contribution in [0.3, 0.4) is 0 Å². The van der Waals surface area contributed by atoms with Gasteiger partial charge in [0.2, 0.25) is 0 Å². The van der Waals surface area contributed by atoms with E-state index in [1.54, 1.807) is 12.1 Å². The van der Waals surface area contributed by atoms with Gasteiger partial charge in [-0.05, 0) is 25.5 Å². The van der Waals surface area contributed by atoms with Crippen LogP contribution in [0.25, 0.3) is 0 Å². The molecule has 0 aromatic heterocycles. The van der Waals surface area contributed by atoms with Crippen LogP contribution in [-0.2, 0) is 4.84 Å². The van der Waals surface area contributed by atoms with E-state index in [2.05, 4.69) is 12.4 Å². The number of hydrogen-bond donors (Lipinski definition) is 1. The summed E-state index contributed by atoms with van der Waals surface area (Å²) in [5, 5.41) is 0. The van der Waals surface area contributed by atoms with E-state index in [4.69, 9.17) is 4.84 Å². The van der Waals surface area contributed by atoms with Gasteiger partial charge in [-0.1, -0.05) is 31.5 Å². The minimum atomic E-state index is -0.196. The number of carbonyl (C=O) groups is 1. The summed E-state index contributed by atoms with van der Waals surface area (Å²) in [6.45, 7) is 4.02. The van der Waals surface area contributed by atoms with Crippen molar-refractivity contribution in [1.82, 2.24) is 5.48 Å². The highest BCUT2D eigenvalue weighted by molar-refractivity contribution is 5.93. The quantitative estimate of drug-likeness (QED) is 0.753. The number of carbonyl (C=O) groups excluding carboxylic acids is 1. The zero-order chi connectivity index (χ0) is 11.1. The van der Waals surface area contributed by atoms with E-state index in [1.807, 2.05) is 25.1 Å². The SMILES string of the molecule is CCCC(C)ONC(=O)c1ccccc1. The smallest absolute Gasteiger partial charge is 0.270 e. The van der Waals surface area contributed by atoms with Crippen LogP contribution in [0.5, 0.6) is 0 Å². The van der Waals surface area contributed by atoms with Gasteiger partial charge in [0.25, 0.3) is 5.91 Å². The molecule has 0 fully saturated rings. The highest BCUT2D eigenvalue weighted by Gasteiger charge is 2.06. The molecule has 15 heavy (non-hydrogen) atoms. The van der Waals surface area contributed by atoms with Crippen molar-refractivity contribution in [2.45, 2.75) is 32.8 Å². The van der Waals surface area contributed by atoms with Gasteiger partial charge in [-0.2, -0.15) is 0 Å². The molecule has 1 N–H and O–H groups in total. The second kappa shape index (κ2) is 6.19. The second-order valence-corrected chi connectivity index (χ2v) is 3.51. The third-order valence-electron chi connectivity index (χ3n) is 2.08. The fraction of sp³-hybridized carbons (Fsp3) is 0.417. The van der Waals surface area contributed by atoms with Crippen molar-refractivity contribution in [3.05, 3.63) is 35.9 Å². The zero-order valence-electron chi connectivity index (χ0n) is 9.19. The van der Waals surface area contributed by atoms with Gasteiger partial charge in [-0.15, -0.1) is 0 Å². The van der Waals surface area contributed by atoms with E-state index >= 15 is 0 Å². The van der Waals surface area contributed by atoms with Crippen LogP contribution in [-0.4, -0.2) is 12.0 Å². The molecule has 0 spiro atoms. The topological polar surface area (TPSA) is 38.3 Å². The van der Waals surface area contributed by atoms with Crippen LogP contribution in [0.4, 0.5) is 0 Å². The first-order chi connectivity index (χ1) is 7.24. The molecule has 0 aliphatic carbocycles. The predicted octanol–water partition coefficient (Wildman–Crippen LogP) is 2.54. The molecule has 0 saturated heterocycles. The van der Waals surface area contributed by atoms with Gasteiger partial charge in [0.05, 0.1) is 6.10 Å². The number of benzene rings is 1. The third-order valence-corrected chi connectivity index (χ3v) is 2.08. The average Bonchev–Trinajstić information content (AvgIpc) is 2.27.